The van der Waals surface area contributed by atoms with Gasteiger partial charge in [-0.3, -0.25) is 9.89 Å². The van der Waals surface area contributed by atoms with Gasteiger partial charge in [0.15, 0.2) is 5.96 Å². The average Bonchev–Trinajstić information content (AvgIpc) is 3.31. The van der Waals surface area contributed by atoms with Gasteiger partial charge in [-0.25, -0.2) is 4.98 Å². The molecule has 0 radical (unpaired) electrons. The van der Waals surface area contributed by atoms with Gasteiger partial charge in [-0.2, -0.15) is 0 Å². The van der Waals surface area contributed by atoms with Gasteiger partial charge in [-0.1, -0.05) is 48.5 Å². The fourth-order valence-corrected chi connectivity index (χ4v) is 3.78. The van der Waals surface area contributed by atoms with E-state index in [2.05, 4.69) is 79.7 Å². The molecular weight excluding hydrogens is 487 g/mol. The first-order valence-electron chi connectivity index (χ1n) is 10.1. The summed E-state index contributed by atoms with van der Waals surface area (Å²) < 4.78 is 2.04. The van der Waals surface area contributed by atoms with Crippen LogP contribution < -0.4 is 5.32 Å². The molecule has 0 atom stereocenters. The first-order valence-corrected chi connectivity index (χ1v) is 10.1. The lowest BCUT2D eigenvalue weighted by atomic mass is 10.1. The van der Waals surface area contributed by atoms with Crippen molar-refractivity contribution in [1.82, 2.24) is 24.7 Å². The standard InChI is InChI=1S/C23H28N6.HI/c1-24-23(26-17-21-9-5-6-10-22(21)29-12-11-25-19-29)28-15-13-27(14-16-28)18-20-7-3-2-4-8-20;/h2-12,19H,13-18H2,1H3,(H,24,26);1H. The van der Waals surface area contributed by atoms with Gasteiger partial charge in [-0.15, -0.1) is 24.0 Å². The molecule has 1 saturated heterocycles. The molecule has 0 bridgehead atoms. The van der Waals surface area contributed by atoms with E-state index in [0.717, 1.165) is 50.9 Å². The fourth-order valence-electron chi connectivity index (χ4n) is 3.78. The lowest BCUT2D eigenvalue weighted by molar-refractivity contribution is 0.172. The number of para-hydroxylation sites is 1. The molecule has 0 amide bonds. The number of guanidine groups is 1. The van der Waals surface area contributed by atoms with Crippen LogP contribution in [0.2, 0.25) is 0 Å². The van der Waals surface area contributed by atoms with Crippen LogP contribution >= 0.6 is 24.0 Å². The van der Waals surface area contributed by atoms with E-state index in [9.17, 15) is 0 Å². The quantitative estimate of drug-likeness (QED) is 0.321. The van der Waals surface area contributed by atoms with Crippen LogP contribution in [0.25, 0.3) is 5.69 Å². The highest BCUT2D eigenvalue weighted by Gasteiger charge is 2.19. The summed E-state index contributed by atoms with van der Waals surface area (Å²) in [6.07, 6.45) is 5.61. The molecule has 0 aliphatic carbocycles. The minimum absolute atomic E-state index is 0. The smallest absolute Gasteiger partial charge is 0.194 e. The summed E-state index contributed by atoms with van der Waals surface area (Å²) in [7, 11) is 1.86. The molecule has 4 rings (SSSR count). The van der Waals surface area contributed by atoms with E-state index in [-0.39, 0.29) is 24.0 Å². The summed E-state index contributed by atoms with van der Waals surface area (Å²) in [5, 5.41) is 3.55. The van der Waals surface area contributed by atoms with E-state index in [0.29, 0.717) is 0 Å². The lowest BCUT2D eigenvalue weighted by Gasteiger charge is -2.36. The van der Waals surface area contributed by atoms with Crippen molar-refractivity contribution in [1.29, 1.82) is 0 Å². The molecule has 0 saturated carbocycles. The Balaban J connectivity index is 0.00000256. The Morgan fingerprint density at radius 2 is 1.73 bits per heavy atom. The van der Waals surface area contributed by atoms with Crippen molar-refractivity contribution in [3.63, 3.8) is 0 Å². The van der Waals surface area contributed by atoms with Crippen LogP contribution in [0.5, 0.6) is 0 Å². The number of hydrogen-bond acceptors (Lipinski definition) is 3. The molecule has 2 aromatic carbocycles. The number of halogens is 1. The van der Waals surface area contributed by atoms with Crippen molar-refractivity contribution in [2.75, 3.05) is 33.2 Å². The third kappa shape index (κ3) is 5.60. The number of imidazole rings is 1. The highest BCUT2D eigenvalue weighted by atomic mass is 127. The number of benzene rings is 2. The lowest BCUT2D eigenvalue weighted by Crippen LogP contribution is -2.52. The summed E-state index contributed by atoms with van der Waals surface area (Å²) in [6.45, 7) is 5.79. The number of nitrogens with one attached hydrogen (secondary N) is 1. The molecule has 1 aliphatic rings. The van der Waals surface area contributed by atoms with Gasteiger partial charge in [0, 0.05) is 58.7 Å². The Morgan fingerprint density at radius 1 is 1.00 bits per heavy atom. The van der Waals surface area contributed by atoms with Gasteiger partial charge >= 0.3 is 0 Å². The molecule has 1 aliphatic heterocycles. The minimum atomic E-state index is 0. The molecular formula is C23H29IN6. The molecule has 0 unspecified atom stereocenters. The Hall–Kier alpha value is -2.39. The van der Waals surface area contributed by atoms with Crippen molar-refractivity contribution in [3.05, 3.63) is 84.4 Å². The molecule has 1 aromatic heterocycles. The molecule has 2 heterocycles. The number of aromatic nitrogens is 2. The van der Waals surface area contributed by atoms with Crippen molar-refractivity contribution in [2.24, 2.45) is 4.99 Å². The Labute approximate surface area is 195 Å². The summed E-state index contributed by atoms with van der Waals surface area (Å²) in [5.41, 5.74) is 3.73. The molecule has 158 valence electrons. The molecule has 30 heavy (non-hydrogen) atoms. The van der Waals surface area contributed by atoms with Gasteiger partial charge in [-0.05, 0) is 17.2 Å². The van der Waals surface area contributed by atoms with Crippen molar-refractivity contribution in [2.45, 2.75) is 13.1 Å². The summed E-state index contributed by atoms with van der Waals surface area (Å²) >= 11 is 0. The largest absolute Gasteiger partial charge is 0.352 e. The van der Waals surface area contributed by atoms with E-state index >= 15 is 0 Å². The molecule has 1 N–H and O–H groups in total. The van der Waals surface area contributed by atoms with Crippen LogP contribution in [0, 0.1) is 0 Å². The maximum Gasteiger partial charge on any atom is 0.194 e. The van der Waals surface area contributed by atoms with Gasteiger partial charge in [0.2, 0.25) is 0 Å². The van der Waals surface area contributed by atoms with Crippen LogP contribution in [0.15, 0.2) is 78.3 Å². The van der Waals surface area contributed by atoms with Crippen molar-refractivity contribution in [3.8, 4) is 5.69 Å². The average molecular weight is 516 g/mol. The number of aliphatic imine (C=N–C) groups is 1. The monoisotopic (exact) mass is 516 g/mol. The topological polar surface area (TPSA) is 48.7 Å². The normalized spacial score (nSPS) is 15.0. The predicted octanol–water partition coefficient (Wildman–Crippen LogP) is 3.38. The second kappa shape index (κ2) is 11.1. The fraction of sp³-hybridized carbons (Fsp3) is 0.304. The van der Waals surface area contributed by atoms with E-state index in [4.69, 9.17) is 0 Å². The molecule has 3 aromatic rings. The Bertz CT molecular complexity index is 918. The highest BCUT2D eigenvalue weighted by Crippen LogP contribution is 2.14. The molecule has 7 heteroatoms. The van der Waals surface area contributed by atoms with Crippen molar-refractivity contribution < 1.29 is 0 Å². The third-order valence-corrected chi connectivity index (χ3v) is 5.34. The second-order valence-electron chi connectivity index (χ2n) is 7.25. The van der Waals surface area contributed by atoms with Gasteiger partial charge in [0.1, 0.15) is 0 Å². The summed E-state index contributed by atoms with van der Waals surface area (Å²) in [6, 6.07) is 19.1. The molecule has 6 nitrogen and oxygen atoms in total. The van der Waals surface area contributed by atoms with Gasteiger partial charge < -0.3 is 14.8 Å². The van der Waals surface area contributed by atoms with Crippen LogP contribution in [0.3, 0.4) is 0 Å². The zero-order chi connectivity index (χ0) is 19.9. The summed E-state index contributed by atoms with van der Waals surface area (Å²) in [4.78, 5) is 13.5. The number of piperazine rings is 1. The first-order chi connectivity index (χ1) is 14.3. The van der Waals surface area contributed by atoms with Gasteiger partial charge in [0.25, 0.3) is 0 Å². The van der Waals surface area contributed by atoms with E-state index < -0.39 is 0 Å². The zero-order valence-electron chi connectivity index (χ0n) is 17.3. The Kier molecular flexibility index (Phi) is 8.27. The number of nitrogens with zero attached hydrogens (tertiary/aromatic N) is 5. The van der Waals surface area contributed by atoms with Crippen LogP contribution in [0.1, 0.15) is 11.1 Å². The maximum absolute atomic E-state index is 4.52. The number of rotatable bonds is 5. The SMILES string of the molecule is CN=C(NCc1ccccc1-n1ccnc1)N1CCN(Cc2ccccc2)CC1.I. The second-order valence-corrected chi connectivity index (χ2v) is 7.25. The minimum Gasteiger partial charge on any atom is -0.352 e. The molecule has 1 fully saturated rings. The summed E-state index contributed by atoms with van der Waals surface area (Å²) in [5.74, 6) is 0.963. The third-order valence-electron chi connectivity index (χ3n) is 5.34. The first kappa shape index (κ1) is 22.3. The Morgan fingerprint density at radius 3 is 2.43 bits per heavy atom. The number of hydrogen-bond donors (Lipinski definition) is 1. The van der Waals surface area contributed by atoms with Crippen LogP contribution in [0.4, 0.5) is 0 Å². The maximum atomic E-state index is 4.52. The van der Waals surface area contributed by atoms with Crippen molar-refractivity contribution >= 4 is 29.9 Å². The van der Waals surface area contributed by atoms with E-state index in [1.165, 1.54) is 11.1 Å². The van der Waals surface area contributed by atoms with Gasteiger partial charge in [0.05, 0.1) is 12.0 Å². The van der Waals surface area contributed by atoms with Crippen LogP contribution in [-0.4, -0.2) is 58.5 Å². The van der Waals surface area contributed by atoms with E-state index in [1.54, 1.807) is 6.20 Å². The van der Waals surface area contributed by atoms with E-state index in [1.807, 2.05) is 24.1 Å². The highest BCUT2D eigenvalue weighted by molar-refractivity contribution is 14.0. The molecule has 0 spiro atoms. The predicted molar refractivity (Wildman–Crippen MR) is 132 cm³/mol. The zero-order valence-corrected chi connectivity index (χ0v) is 19.6. The van der Waals surface area contributed by atoms with Crippen LogP contribution in [-0.2, 0) is 13.1 Å².